The molecule has 0 spiro atoms. The van der Waals surface area contributed by atoms with Gasteiger partial charge < -0.3 is 5.32 Å². The maximum Gasteiger partial charge on any atom is 0.0479 e. The SMILES string of the molecule is CC(C)C1CCCC(Nc2ccc(Cl)cc2I)CC1. The van der Waals surface area contributed by atoms with Gasteiger partial charge in [-0.05, 0) is 71.9 Å². The van der Waals surface area contributed by atoms with Crippen LogP contribution < -0.4 is 5.32 Å². The minimum atomic E-state index is 0.624. The highest BCUT2D eigenvalue weighted by Gasteiger charge is 2.21. The number of hydrogen-bond donors (Lipinski definition) is 1. The first-order valence-corrected chi connectivity index (χ1v) is 8.73. The third-order valence-electron chi connectivity index (χ3n) is 4.25. The summed E-state index contributed by atoms with van der Waals surface area (Å²) in [6.07, 6.45) is 6.70. The monoisotopic (exact) mass is 391 g/mol. The lowest BCUT2D eigenvalue weighted by Crippen LogP contribution is -2.19. The quantitative estimate of drug-likeness (QED) is 0.495. The smallest absolute Gasteiger partial charge is 0.0479 e. The molecule has 1 N–H and O–H groups in total. The summed E-state index contributed by atoms with van der Waals surface area (Å²) in [6, 6.07) is 6.73. The summed E-state index contributed by atoms with van der Waals surface area (Å²) in [6.45, 7) is 4.72. The minimum Gasteiger partial charge on any atom is -0.381 e. The van der Waals surface area contributed by atoms with Gasteiger partial charge in [0.25, 0.3) is 0 Å². The van der Waals surface area contributed by atoms with Crippen LogP contribution in [0.15, 0.2) is 18.2 Å². The van der Waals surface area contributed by atoms with E-state index in [-0.39, 0.29) is 0 Å². The van der Waals surface area contributed by atoms with Crippen LogP contribution in [0.25, 0.3) is 0 Å². The molecule has 0 amide bonds. The number of halogens is 2. The van der Waals surface area contributed by atoms with Crippen LogP contribution in [0, 0.1) is 15.4 Å². The molecule has 0 bridgehead atoms. The molecule has 1 aromatic carbocycles. The molecule has 106 valence electrons. The van der Waals surface area contributed by atoms with Crippen molar-refractivity contribution in [2.24, 2.45) is 11.8 Å². The molecule has 0 aromatic heterocycles. The second kappa shape index (κ2) is 7.16. The van der Waals surface area contributed by atoms with Gasteiger partial charge in [0.1, 0.15) is 0 Å². The highest BCUT2D eigenvalue weighted by atomic mass is 127. The van der Waals surface area contributed by atoms with Crippen molar-refractivity contribution in [3.8, 4) is 0 Å². The largest absolute Gasteiger partial charge is 0.381 e. The van der Waals surface area contributed by atoms with E-state index in [9.17, 15) is 0 Å². The van der Waals surface area contributed by atoms with E-state index in [2.05, 4.69) is 47.8 Å². The van der Waals surface area contributed by atoms with Crippen LogP contribution in [-0.4, -0.2) is 6.04 Å². The zero-order valence-electron chi connectivity index (χ0n) is 11.8. The van der Waals surface area contributed by atoms with Crippen molar-refractivity contribution in [2.75, 3.05) is 5.32 Å². The molecule has 1 aliphatic rings. The fourth-order valence-corrected chi connectivity index (χ4v) is 4.00. The van der Waals surface area contributed by atoms with Crippen LogP contribution >= 0.6 is 34.2 Å². The Morgan fingerprint density at radius 1 is 1.21 bits per heavy atom. The minimum absolute atomic E-state index is 0.624. The molecule has 0 radical (unpaired) electrons. The van der Waals surface area contributed by atoms with E-state index >= 15 is 0 Å². The number of rotatable bonds is 3. The molecule has 3 heteroatoms. The van der Waals surface area contributed by atoms with Crippen LogP contribution in [0.4, 0.5) is 5.69 Å². The Morgan fingerprint density at radius 3 is 2.68 bits per heavy atom. The molecular weight excluding hydrogens is 369 g/mol. The third-order valence-corrected chi connectivity index (χ3v) is 5.37. The van der Waals surface area contributed by atoms with Gasteiger partial charge in [-0.15, -0.1) is 0 Å². The Bertz CT molecular complexity index is 419. The Hall–Kier alpha value is 0.0400. The van der Waals surface area contributed by atoms with Crippen molar-refractivity contribution in [3.05, 3.63) is 26.8 Å². The molecule has 2 unspecified atom stereocenters. The summed E-state index contributed by atoms with van der Waals surface area (Å²) in [5, 5.41) is 4.53. The Balaban J connectivity index is 1.96. The van der Waals surface area contributed by atoms with Gasteiger partial charge in [-0.1, -0.05) is 38.3 Å². The molecular formula is C16H23ClIN. The molecule has 2 rings (SSSR count). The summed E-state index contributed by atoms with van der Waals surface area (Å²) in [4.78, 5) is 0. The van der Waals surface area contributed by atoms with Crippen LogP contribution in [0.2, 0.25) is 5.02 Å². The van der Waals surface area contributed by atoms with E-state index in [0.717, 1.165) is 16.9 Å². The van der Waals surface area contributed by atoms with Gasteiger partial charge in [0.15, 0.2) is 0 Å². The first-order chi connectivity index (χ1) is 9.06. The third kappa shape index (κ3) is 4.52. The van der Waals surface area contributed by atoms with E-state index in [1.54, 1.807) is 0 Å². The second-order valence-electron chi connectivity index (χ2n) is 5.98. The summed E-state index contributed by atoms with van der Waals surface area (Å²) in [5.74, 6) is 1.74. The highest BCUT2D eigenvalue weighted by molar-refractivity contribution is 14.1. The van der Waals surface area contributed by atoms with Gasteiger partial charge in [-0.3, -0.25) is 0 Å². The van der Waals surface area contributed by atoms with Gasteiger partial charge in [-0.2, -0.15) is 0 Å². The summed E-state index contributed by atoms with van der Waals surface area (Å²) < 4.78 is 1.22. The van der Waals surface area contributed by atoms with Crippen molar-refractivity contribution in [3.63, 3.8) is 0 Å². The number of anilines is 1. The molecule has 19 heavy (non-hydrogen) atoms. The molecule has 0 aliphatic heterocycles. The average Bonchev–Trinajstić information content (AvgIpc) is 2.58. The molecule has 2 atom stereocenters. The van der Waals surface area contributed by atoms with E-state index in [4.69, 9.17) is 11.6 Å². The average molecular weight is 392 g/mol. The highest BCUT2D eigenvalue weighted by Crippen LogP contribution is 2.31. The normalized spacial score (nSPS) is 24.3. The second-order valence-corrected chi connectivity index (χ2v) is 7.58. The zero-order valence-corrected chi connectivity index (χ0v) is 14.7. The first-order valence-electron chi connectivity index (χ1n) is 7.28. The van der Waals surface area contributed by atoms with Crippen molar-refractivity contribution in [1.82, 2.24) is 0 Å². The van der Waals surface area contributed by atoms with E-state index < -0.39 is 0 Å². The molecule has 1 saturated carbocycles. The van der Waals surface area contributed by atoms with Crippen molar-refractivity contribution < 1.29 is 0 Å². The molecule has 0 saturated heterocycles. The van der Waals surface area contributed by atoms with E-state index in [0.29, 0.717) is 6.04 Å². The van der Waals surface area contributed by atoms with Crippen LogP contribution in [0.1, 0.15) is 46.0 Å². The maximum absolute atomic E-state index is 6.01. The summed E-state index contributed by atoms with van der Waals surface area (Å²) in [7, 11) is 0. The molecule has 1 aliphatic carbocycles. The predicted octanol–water partition coefficient (Wildman–Crippen LogP) is 5.96. The fourth-order valence-electron chi connectivity index (χ4n) is 2.97. The van der Waals surface area contributed by atoms with Crippen molar-refractivity contribution in [1.29, 1.82) is 0 Å². The Morgan fingerprint density at radius 2 is 2.00 bits per heavy atom. The van der Waals surface area contributed by atoms with Gasteiger partial charge in [-0.25, -0.2) is 0 Å². The maximum atomic E-state index is 6.01. The fraction of sp³-hybridized carbons (Fsp3) is 0.625. The predicted molar refractivity (Wildman–Crippen MR) is 93.0 cm³/mol. The number of benzene rings is 1. The lowest BCUT2D eigenvalue weighted by Gasteiger charge is -2.20. The van der Waals surface area contributed by atoms with Gasteiger partial charge in [0.05, 0.1) is 0 Å². The lowest BCUT2D eigenvalue weighted by atomic mass is 9.89. The van der Waals surface area contributed by atoms with Crippen LogP contribution in [0.5, 0.6) is 0 Å². The van der Waals surface area contributed by atoms with Crippen LogP contribution in [0.3, 0.4) is 0 Å². The van der Waals surface area contributed by atoms with Gasteiger partial charge in [0, 0.05) is 20.3 Å². The topological polar surface area (TPSA) is 12.0 Å². The Kier molecular flexibility index (Phi) is 5.82. The van der Waals surface area contributed by atoms with Crippen molar-refractivity contribution >= 4 is 39.9 Å². The number of hydrogen-bond acceptors (Lipinski definition) is 1. The lowest BCUT2D eigenvalue weighted by molar-refractivity contribution is 0.341. The summed E-state index contributed by atoms with van der Waals surface area (Å²) in [5.41, 5.74) is 1.23. The van der Waals surface area contributed by atoms with E-state index in [1.165, 1.54) is 41.4 Å². The van der Waals surface area contributed by atoms with Gasteiger partial charge in [0.2, 0.25) is 0 Å². The van der Waals surface area contributed by atoms with E-state index in [1.807, 2.05) is 12.1 Å². The molecule has 1 aromatic rings. The summed E-state index contributed by atoms with van der Waals surface area (Å²) >= 11 is 8.37. The molecule has 0 heterocycles. The molecule has 1 nitrogen and oxygen atoms in total. The Labute approximate surface area is 135 Å². The van der Waals surface area contributed by atoms with Crippen molar-refractivity contribution in [2.45, 2.75) is 52.0 Å². The number of nitrogens with one attached hydrogen (secondary N) is 1. The van der Waals surface area contributed by atoms with Gasteiger partial charge >= 0.3 is 0 Å². The standard InChI is InChI=1S/C16H23ClIN/c1-11(2)12-4-3-5-14(8-6-12)19-16-9-7-13(17)10-15(16)18/h7,9-12,14,19H,3-6,8H2,1-2H3. The van der Waals surface area contributed by atoms with Crippen LogP contribution in [-0.2, 0) is 0 Å². The zero-order chi connectivity index (χ0) is 13.8. The first kappa shape index (κ1) is 15.4. The molecule has 1 fully saturated rings.